The quantitative estimate of drug-likeness (QED) is 0.526. The van der Waals surface area contributed by atoms with Crippen molar-refractivity contribution >= 4 is 0 Å². The Morgan fingerprint density at radius 3 is 2.80 bits per heavy atom. The molecule has 10 heavy (non-hydrogen) atoms. The van der Waals surface area contributed by atoms with Gasteiger partial charge in [0, 0.05) is 6.61 Å². The summed E-state index contributed by atoms with van der Waals surface area (Å²) in [4.78, 5) is 0. The van der Waals surface area contributed by atoms with Crippen LogP contribution in [-0.2, 0) is 14.2 Å². The van der Waals surface area contributed by atoms with Crippen LogP contribution in [0.5, 0.6) is 0 Å². The van der Waals surface area contributed by atoms with Gasteiger partial charge in [-0.1, -0.05) is 6.92 Å². The predicted molar refractivity (Wildman–Crippen MR) is 36.2 cm³/mol. The van der Waals surface area contributed by atoms with Crippen molar-refractivity contribution in [2.24, 2.45) is 0 Å². The lowest BCUT2D eigenvalue weighted by Crippen LogP contribution is -2.02. The van der Waals surface area contributed by atoms with Crippen molar-refractivity contribution in [3.05, 3.63) is 12.2 Å². The summed E-state index contributed by atoms with van der Waals surface area (Å²) in [7, 11) is 0. The Hall–Kier alpha value is -0.700. The van der Waals surface area contributed by atoms with E-state index in [1.165, 1.54) is 0 Å². The van der Waals surface area contributed by atoms with Crippen LogP contribution < -0.4 is 0 Å². The molecule has 0 aliphatic carbocycles. The molecule has 3 nitrogen and oxygen atoms in total. The van der Waals surface area contributed by atoms with Crippen LogP contribution in [0.2, 0.25) is 0 Å². The fourth-order valence-electron chi connectivity index (χ4n) is 0.540. The van der Waals surface area contributed by atoms with Crippen LogP contribution in [0.4, 0.5) is 0 Å². The lowest BCUT2D eigenvalue weighted by atomic mass is 10.5. The molecule has 1 aliphatic heterocycles. The molecule has 0 aromatic carbocycles. The molecular weight excluding hydrogens is 132 g/mol. The van der Waals surface area contributed by atoms with Gasteiger partial charge in [0.2, 0.25) is 0 Å². The maximum absolute atomic E-state index is 5.15. The van der Waals surface area contributed by atoms with Gasteiger partial charge in [0.15, 0.2) is 6.26 Å². The van der Waals surface area contributed by atoms with E-state index in [9.17, 15) is 0 Å². The second-order valence-corrected chi connectivity index (χ2v) is 2.02. The lowest BCUT2D eigenvalue weighted by molar-refractivity contribution is 0.0614. The van der Waals surface area contributed by atoms with Gasteiger partial charge in [0.05, 0.1) is 6.61 Å². The Morgan fingerprint density at radius 2 is 2.20 bits per heavy atom. The van der Waals surface area contributed by atoms with Crippen molar-refractivity contribution in [2.45, 2.75) is 13.3 Å². The molecule has 0 fully saturated rings. The van der Waals surface area contributed by atoms with Crippen molar-refractivity contribution in [3.8, 4) is 0 Å². The first-order valence-electron chi connectivity index (χ1n) is 3.51. The average molecular weight is 144 g/mol. The summed E-state index contributed by atoms with van der Waals surface area (Å²) < 4.78 is 14.8. The monoisotopic (exact) mass is 144 g/mol. The van der Waals surface area contributed by atoms with E-state index in [2.05, 4.69) is 11.7 Å². The second kappa shape index (κ2) is 4.17. The molecule has 0 bridgehead atoms. The normalized spacial score (nSPS) is 13.9. The Balaban J connectivity index is 1.72. The third-order valence-corrected chi connectivity index (χ3v) is 1.03. The van der Waals surface area contributed by atoms with Crippen LogP contribution in [0.15, 0.2) is 12.2 Å². The van der Waals surface area contributed by atoms with E-state index >= 15 is 0 Å². The fourth-order valence-corrected chi connectivity index (χ4v) is 0.540. The highest BCUT2D eigenvalue weighted by Gasteiger charge is 2.09. The molecule has 0 amide bonds. The minimum absolute atomic E-state index is 0.589. The van der Waals surface area contributed by atoms with E-state index in [-0.39, 0.29) is 0 Å². The van der Waals surface area contributed by atoms with E-state index in [4.69, 9.17) is 9.47 Å². The molecule has 0 N–H and O–H groups in total. The number of ether oxygens (including phenoxy) is 3. The summed E-state index contributed by atoms with van der Waals surface area (Å²) >= 11 is 0. The number of hydrogen-bond donors (Lipinski definition) is 0. The highest BCUT2D eigenvalue weighted by Crippen LogP contribution is 2.13. The SMILES string of the molecule is CCCOCCOC1=CO1. The van der Waals surface area contributed by atoms with Gasteiger partial charge in [-0.15, -0.1) is 0 Å². The molecule has 1 aliphatic rings. The van der Waals surface area contributed by atoms with E-state index in [1.54, 1.807) is 6.26 Å². The third-order valence-electron chi connectivity index (χ3n) is 1.03. The van der Waals surface area contributed by atoms with Crippen LogP contribution in [-0.4, -0.2) is 19.8 Å². The van der Waals surface area contributed by atoms with Gasteiger partial charge in [-0.05, 0) is 6.42 Å². The minimum atomic E-state index is 0.589. The fraction of sp³-hybridized carbons (Fsp3) is 0.714. The lowest BCUT2D eigenvalue weighted by Gasteiger charge is -2.00. The van der Waals surface area contributed by atoms with Crippen LogP contribution in [0.1, 0.15) is 13.3 Å². The molecule has 3 heteroatoms. The summed E-state index contributed by atoms with van der Waals surface area (Å²) in [6.07, 6.45) is 2.62. The van der Waals surface area contributed by atoms with Crippen molar-refractivity contribution in [2.75, 3.05) is 19.8 Å². The van der Waals surface area contributed by atoms with Gasteiger partial charge in [0.25, 0.3) is 0 Å². The molecule has 0 saturated heterocycles. The summed E-state index contributed by atoms with van der Waals surface area (Å²) in [5, 5.41) is 0. The topological polar surface area (TPSA) is 31.0 Å². The highest BCUT2D eigenvalue weighted by molar-refractivity contribution is 4.91. The minimum Gasteiger partial charge on any atom is -0.460 e. The van der Waals surface area contributed by atoms with Gasteiger partial charge in [0.1, 0.15) is 6.61 Å². The molecule has 58 valence electrons. The van der Waals surface area contributed by atoms with Crippen LogP contribution in [0.3, 0.4) is 0 Å². The molecule has 0 unspecified atom stereocenters. The zero-order chi connectivity index (χ0) is 7.23. The van der Waals surface area contributed by atoms with Crippen molar-refractivity contribution < 1.29 is 14.2 Å². The van der Waals surface area contributed by atoms with Crippen molar-refractivity contribution in [1.82, 2.24) is 0 Å². The molecule has 0 radical (unpaired) electrons. The highest BCUT2D eigenvalue weighted by atomic mass is 16.7. The van der Waals surface area contributed by atoms with E-state index in [1.807, 2.05) is 0 Å². The molecule has 0 spiro atoms. The Kier molecular flexibility index (Phi) is 3.09. The zero-order valence-corrected chi connectivity index (χ0v) is 6.13. The molecular formula is C7H12O3. The van der Waals surface area contributed by atoms with Crippen LogP contribution >= 0.6 is 0 Å². The second-order valence-electron chi connectivity index (χ2n) is 2.02. The maximum Gasteiger partial charge on any atom is 0.321 e. The zero-order valence-electron chi connectivity index (χ0n) is 6.13. The average Bonchev–Trinajstić information content (AvgIpc) is 2.71. The smallest absolute Gasteiger partial charge is 0.321 e. The molecule has 0 aromatic rings. The van der Waals surface area contributed by atoms with Gasteiger partial charge in [-0.25, -0.2) is 0 Å². The van der Waals surface area contributed by atoms with Crippen molar-refractivity contribution in [3.63, 3.8) is 0 Å². The summed E-state index contributed by atoms with van der Waals surface area (Å²) in [5.74, 6) is 0.625. The van der Waals surface area contributed by atoms with Crippen LogP contribution in [0, 0.1) is 0 Å². The first-order valence-corrected chi connectivity index (χ1v) is 3.51. The van der Waals surface area contributed by atoms with Gasteiger partial charge < -0.3 is 14.2 Å². The molecule has 0 saturated carbocycles. The Morgan fingerprint density at radius 1 is 1.40 bits per heavy atom. The largest absolute Gasteiger partial charge is 0.460 e. The first kappa shape index (κ1) is 7.41. The molecule has 1 heterocycles. The predicted octanol–water partition coefficient (Wildman–Crippen LogP) is 1.26. The van der Waals surface area contributed by atoms with Crippen molar-refractivity contribution in [1.29, 1.82) is 0 Å². The number of hydrogen-bond acceptors (Lipinski definition) is 3. The van der Waals surface area contributed by atoms with E-state index in [0.29, 0.717) is 19.2 Å². The summed E-state index contributed by atoms with van der Waals surface area (Å²) in [5.41, 5.74) is 0. The number of rotatable bonds is 6. The summed E-state index contributed by atoms with van der Waals surface area (Å²) in [6, 6.07) is 0. The summed E-state index contributed by atoms with van der Waals surface area (Å²) in [6.45, 7) is 4.12. The Bertz CT molecular complexity index is 120. The molecule has 0 aromatic heterocycles. The molecule has 0 atom stereocenters. The van der Waals surface area contributed by atoms with Gasteiger partial charge >= 0.3 is 5.95 Å². The van der Waals surface area contributed by atoms with E-state index in [0.717, 1.165) is 13.0 Å². The maximum atomic E-state index is 5.15. The van der Waals surface area contributed by atoms with Crippen LogP contribution in [0.25, 0.3) is 0 Å². The van der Waals surface area contributed by atoms with Gasteiger partial charge in [-0.3, -0.25) is 0 Å². The third kappa shape index (κ3) is 3.35. The van der Waals surface area contributed by atoms with Gasteiger partial charge in [-0.2, -0.15) is 0 Å². The van der Waals surface area contributed by atoms with E-state index < -0.39 is 0 Å². The standard InChI is InChI=1S/C7H12O3/c1-2-3-8-4-5-9-7-6-10-7/h6H,2-5H2,1H3. The first-order chi connectivity index (χ1) is 4.93. The Labute approximate surface area is 60.6 Å². The molecule has 1 rings (SSSR count).